The summed E-state index contributed by atoms with van der Waals surface area (Å²) < 4.78 is 15.8. The number of hydrogen-bond acceptors (Lipinski definition) is 5. The highest BCUT2D eigenvalue weighted by Crippen LogP contribution is 2.28. The quantitative estimate of drug-likeness (QED) is 0.611. The number of nitrogens with one attached hydrogen (secondary N) is 1. The average molecular weight is 391 g/mol. The minimum atomic E-state index is -0.384. The SMILES string of the molecule is COc1cc(OC)cc(C(=O)Nc2cc(C(=O)c3ccccc3)ccc2OC)c1. The maximum Gasteiger partial charge on any atom is 0.256 e. The predicted molar refractivity (Wildman–Crippen MR) is 110 cm³/mol. The van der Waals surface area contributed by atoms with Crippen LogP contribution in [0.1, 0.15) is 26.3 Å². The van der Waals surface area contributed by atoms with Crippen LogP contribution in [-0.4, -0.2) is 33.0 Å². The van der Waals surface area contributed by atoms with Gasteiger partial charge in [0, 0.05) is 22.8 Å². The Morgan fingerprint density at radius 3 is 1.93 bits per heavy atom. The Kier molecular flexibility index (Phi) is 6.14. The summed E-state index contributed by atoms with van der Waals surface area (Å²) in [6.07, 6.45) is 0. The third kappa shape index (κ3) is 4.55. The van der Waals surface area contributed by atoms with E-state index >= 15 is 0 Å². The molecular formula is C23H21NO5. The van der Waals surface area contributed by atoms with Crippen LogP contribution in [0.4, 0.5) is 5.69 Å². The van der Waals surface area contributed by atoms with Crippen molar-refractivity contribution < 1.29 is 23.8 Å². The monoisotopic (exact) mass is 391 g/mol. The fraction of sp³-hybridized carbons (Fsp3) is 0.130. The lowest BCUT2D eigenvalue weighted by Crippen LogP contribution is -2.14. The molecule has 1 amide bonds. The van der Waals surface area contributed by atoms with E-state index in [4.69, 9.17) is 14.2 Å². The van der Waals surface area contributed by atoms with E-state index in [1.807, 2.05) is 6.07 Å². The molecule has 0 fully saturated rings. The van der Waals surface area contributed by atoms with Gasteiger partial charge in [-0.2, -0.15) is 0 Å². The molecule has 0 aliphatic rings. The predicted octanol–water partition coefficient (Wildman–Crippen LogP) is 4.20. The number of anilines is 1. The van der Waals surface area contributed by atoms with E-state index in [2.05, 4.69) is 5.32 Å². The van der Waals surface area contributed by atoms with Gasteiger partial charge >= 0.3 is 0 Å². The lowest BCUT2D eigenvalue weighted by atomic mass is 10.0. The molecule has 148 valence electrons. The summed E-state index contributed by atoms with van der Waals surface area (Å²) >= 11 is 0. The van der Waals surface area contributed by atoms with Crippen molar-refractivity contribution in [1.82, 2.24) is 0 Å². The summed E-state index contributed by atoms with van der Waals surface area (Å²) in [6, 6.07) is 18.7. The normalized spacial score (nSPS) is 10.2. The third-order valence-electron chi connectivity index (χ3n) is 4.36. The van der Waals surface area contributed by atoms with Gasteiger partial charge in [0.2, 0.25) is 0 Å². The van der Waals surface area contributed by atoms with E-state index in [-0.39, 0.29) is 11.7 Å². The van der Waals surface area contributed by atoms with Gasteiger partial charge in [-0.05, 0) is 30.3 Å². The van der Waals surface area contributed by atoms with E-state index in [1.165, 1.54) is 21.3 Å². The number of methoxy groups -OCH3 is 3. The molecule has 3 aromatic rings. The molecule has 0 aliphatic heterocycles. The Balaban J connectivity index is 1.92. The fourth-order valence-electron chi connectivity index (χ4n) is 2.84. The Morgan fingerprint density at radius 2 is 1.34 bits per heavy atom. The van der Waals surface area contributed by atoms with Crippen LogP contribution in [0, 0.1) is 0 Å². The maximum atomic E-state index is 12.8. The smallest absolute Gasteiger partial charge is 0.256 e. The lowest BCUT2D eigenvalue weighted by Gasteiger charge is -2.13. The van der Waals surface area contributed by atoms with Gasteiger partial charge in [-0.3, -0.25) is 9.59 Å². The van der Waals surface area contributed by atoms with Gasteiger partial charge in [-0.1, -0.05) is 30.3 Å². The number of carbonyl (C=O) groups excluding carboxylic acids is 2. The van der Waals surface area contributed by atoms with Crippen LogP contribution >= 0.6 is 0 Å². The number of rotatable bonds is 7. The molecule has 0 radical (unpaired) electrons. The van der Waals surface area contributed by atoms with Crippen LogP contribution in [0.15, 0.2) is 66.7 Å². The second kappa shape index (κ2) is 8.93. The van der Waals surface area contributed by atoms with Crippen molar-refractivity contribution in [1.29, 1.82) is 0 Å². The Labute approximate surface area is 169 Å². The van der Waals surface area contributed by atoms with Gasteiger partial charge in [0.05, 0.1) is 27.0 Å². The van der Waals surface area contributed by atoms with Gasteiger partial charge in [0.25, 0.3) is 5.91 Å². The lowest BCUT2D eigenvalue weighted by molar-refractivity contribution is 0.102. The zero-order valence-corrected chi connectivity index (χ0v) is 16.4. The topological polar surface area (TPSA) is 73.9 Å². The van der Waals surface area contributed by atoms with Crippen molar-refractivity contribution in [3.05, 3.63) is 83.4 Å². The highest BCUT2D eigenvalue weighted by molar-refractivity contribution is 6.11. The number of ether oxygens (including phenoxy) is 3. The van der Waals surface area contributed by atoms with Crippen molar-refractivity contribution in [2.24, 2.45) is 0 Å². The van der Waals surface area contributed by atoms with Crippen LogP contribution in [0.3, 0.4) is 0 Å². The van der Waals surface area contributed by atoms with Crippen molar-refractivity contribution in [2.75, 3.05) is 26.6 Å². The molecule has 0 aliphatic carbocycles. The molecule has 3 rings (SSSR count). The van der Waals surface area contributed by atoms with Gasteiger partial charge in [0.1, 0.15) is 17.2 Å². The average Bonchev–Trinajstić information content (AvgIpc) is 2.78. The van der Waals surface area contributed by atoms with Crippen molar-refractivity contribution in [3.8, 4) is 17.2 Å². The molecule has 29 heavy (non-hydrogen) atoms. The molecule has 1 N–H and O–H groups in total. The largest absolute Gasteiger partial charge is 0.497 e. The standard InChI is InChI=1S/C23H21NO5/c1-27-18-11-17(12-19(14-18)28-2)23(26)24-20-13-16(9-10-21(20)29-3)22(25)15-7-5-4-6-8-15/h4-14H,1-3H3,(H,24,26). The summed E-state index contributed by atoms with van der Waals surface area (Å²) in [5, 5.41) is 2.80. The minimum Gasteiger partial charge on any atom is -0.497 e. The summed E-state index contributed by atoms with van der Waals surface area (Å²) in [6.45, 7) is 0. The number of ketones is 1. The number of hydrogen-bond donors (Lipinski definition) is 1. The van der Waals surface area contributed by atoms with Gasteiger partial charge in [-0.15, -0.1) is 0 Å². The first-order valence-corrected chi connectivity index (χ1v) is 8.88. The van der Waals surface area contributed by atoms with Crippen LogP contribution in [0.2, 0.25) is 0 Å². The van der Waals surface area contributed by atoms with Crippen LogP contribution in [-0.2, 0) is 0 Å². The summed E-state index contributed by atoms with van der Waals surface area (Å²) in [5.74, 6) is 0.901. The van der Waals surface area contributed by atoms with Crippen LogP contribution < -0.4 is 19.5 Å². The summed E-state index contributed by atoms with van der Waals surface area (Å²) in [4.78, 5) is 25.5. The van der Waals surface area contributed by atoms with Gasteiger partial charge in [0.15, 0.2) is 5.78 Å². The molecule has 0 atom stereocenters. The molecule has 0 spiro atoms. The van der Waals surface area contributed by atoms with Gasteiger partial charge < -0.3 is 19.5 Å². The molecule has 0 heterocycles. The third-order valence-corrected chi connectivity index (χ3v) is 4.36. The molecule has 0 aromatic heterocycles. The first kappa shape index (κ1) is 19.9. The van der Waals surface area contributed by atoms with Gasteiger partial charge in [-0.25, -0.2) is 0 Å². The van der Waals surface area contributed by atoms with Crippen molar-refractivity contribution in [3.63, 3.8) is 0 Å². The van der Waals surface area contributed by atoms with Crippen LogP contribution in [0.5, 0.6) is 17.2 Å². The second-order valence-electron chi connectivity index (χ2n) is 6.17. The van der Waals surface area contributed by atoms with E-state index < -0.39 is 0 Å². The molecule has 3 aromatic carbocycles. The Bertz CT molecular complexity index is 1010. The number of carbonyl (C=O) groups is 2. The van der Waals surface area contributed by atoms with E-state index in [0.717, 1.165) is 0 Å². The fourth-order valence-corrected chi connectivity index (χ4v) is 2.84. The van der Waals surface area contributed by atoms with E-state index in [0.29, 0.717) is 39.6 Å². The number of amides is 1. The Morgan fingerprint density at radius 1 is 0.690 bits per heavy atom. The zero-order valence-electron chi connectivity index (χ0n) is 16.4. The zero-order chi connectivity index (χ0) is 20.8. The van der Waals surface area contributed by atoms with Crippen molar-refractivity contribution >= 4 is 17.4 Å². The van der Waals surface area contributed by atoms with Crippen molar-refractivity contribution in [2.45, 2.75) is 0 Å². The summed E-state index contributed by atoms with van der Waals surface area (Å²) in [5.41, 5.74) is 1.74. The van der Waals surface area contributed by atoms with E-state index in [1.54, 1.807) is 60.7 Å². The highest BCUT2D eigenvalue weighted by atomic mass is 16.5. The van der Waals surface area contributed by atoms with Crippen LogP contribution in [0.25, 0.3) is 0 Å². The molecular weight excluding hydrogens is 370 g/mol. The first-order valence-electron chi connectivity index (χ1n) is 8.88. The molecule has 0 saturated carbocycles. The molecule has 0 bridgehead atoms. The second-order valence-corrected chi connectivity index (χ2v) is 6.17. The molecule has 0 saturated heterocycles. The minimum absolute atomic E-state index is 0.146. The maximum absolute atomic E-state index is 12.8. The molecule has 6 heteroatoms. The number of benzene rings is 3. The highest BCUT2D eigenvalue weighted by Gasteiger charge is 2.16. The molecule has 0 unspecified atom stereocenters. The summed E-state index contributed by atoms with van der Waals surface area (Å²) in [7, 11) is 4.52. The first-order chi connectivity index (χ1) is 14.0. The van der Waals surface area contributed by atoms with E-state index in [9.17, 15) is 9.59 Å². The Hall–Kier alpha value is -3.80. The molecule has 6 nitrogen and oxygen atoms in total.